The Morgan fingerprint density at radius 1 is 0.944 bits per heavy atom. The van der Waals surface area contributed by atoms with Crippen molar-refractivity contribution in [2.24, 2.45) is 0 Å². The van der Waals surface area contributed by atoms with E-state index in [1.807, 2.05) is 24.3 Å². The fourth-order valence-electron chi connectivity index (χ4n) is 1.79. The van der Waals surface area contributed by atoms with Crippen LogP contribution in [0.2, 0.25) is 0 Å². The van der Waals surface area contributed by atoms with Gasteiger partial charge in [-0.15, -0.1) is 0 Å². The van der Waals surface area contributed by atoms with E-state index in [0.29, 0.717) is 0 Å². The highest BCUT2D eigenvalue weighted by atomic mass is 16.5. The summed E-state index contributed by atoms with van der Waals surface area (Å²) in [6.45, 7) is 2.84. The molecule has 0 heterocycles. The van der Waals surface area contributed by atoms with E-state index in [4.69, 9.17) is 10.5 Å². The summed E-state index contributed by atoms with van der Waals surface area (Å²) in [6.07, 6.45) is 2.07. The van der Waals surface area contributed by atoms with Crippen molar-refractivity contribution in [3.63, 3.8) is 0 Å². The molecule has 0 aliphatic heterocycles. The number of ether oxygens (including phenoxy) is 1. The second-order valence-electron chi connectivity index (χ2n) is 4.51. The maximum absolute atomic E-state index is 5.65. The fourth-order valence-corrected chi connectivity index (χ4v) is 1.79. The molecule has 2 rings (SSSR count). The SMILES string of the molecule is Cc1ccc(CCCOc2ccc(N)cc2)cc1. The van der Waals surface area contributed by atoms with E-state index in [1.165, 1.54) is 11.1 Å². The summed E-state index contributed by atoms with van der Waals surface area (Å²) in [7, 11) is 0. The largest absolute Gasteiger partial charge is 0.494 e. The van der Waals surface area contributed by atoms with E-state index in [2.05, 4.69) is 31.2 Å². The molecular weight excluding hydrogens is 222 g/mol. The topological polar surface area (TPSA) is 35.2 Å². The Hall–Kier alpha value is -1.96. The summed E-state index contributed by atoms with van der Waals surface area (Å²) < 4.78 is 5.65. The molecule has 0 aliphatic rings. The lowest BCUT2D eigenvalue weighted by atomic mass is 10.1. The van der Waals surface area contributed by atoms with E-state index >= 15 is 0 Å². The minimum absolute atomic E-state index is 0.734. The quantitative estimate of drug-likeness (QED) is 0.641. The molecule has 2 N–H and O–H groups in total. The van der Waals surface area contributed by atoms with Crippen LogP contribution in [0.15, 0.2) is 48.5 Å². The van der Waals surface area contributed by atoms with Crippen LogP contribution >= 0.6 is 0 Å². The molecule has 0 bridgehead atoms. The second kappa shape index (κ2) is 6.10. The first-order chi connectivity index (χ1) is 8.74. The van der Waals surface area contributed by atoms with Crippen LogP contribution in [0.25, 0.3) is 0 Å². The molecule has 2 heteroatoms. The lowest BCUT2D eigenvalue weighted by Gasteiger charge is -2.06. The van der Waals surface area contributed by atoms with E-state index in [-0.39, 0.29) is 0 Å². The van der Waals surface area contributed by atoms with Gasteiger partial charge in [0.2, 0.25) is 0 Å². The maximum atomic E-state index is 5.65. The molecule has 94 valence electrons. The molecule has 2 nitrogen and oxygen atoms in total. The van der Waals surface area contributed by atoms with Crippen molar-refractivity contribution in [1.82, 2.24) is 0 Å². The van der Waals surface area contributed by atoms with E-state index in [0.717, 1.165) is 30.9 Å². The van der Waals surface area contributed by atoms with Gasteiger partial charge >= 0.3 is 0 Å². The van der Waals surface area contributed by atoms with Crippen LogP contribution in [0.3, 0.4) is 0 Å². The zero-order chi connectivity index (χ0) is 12.8. The van der Waals surface area contributed by atoms with Crippen LogP contribution in [0.1, 0.15) is 17.5 Å². The number of nitrogen functional groups attached to an aromatic ring is 1. The lowest BCUT2D eigenvalue weighted by Crippen LogP contribution is -1.99. The Morgan fingerprint density at radius 3 is 2.28 bits per heavy atom. The number of aryl methyl sites for hydroxylation is 2. The average molecular weight is 241 g/mol. The van der Waals surface area contributed by atoms with Crippen molar-refractivity contribution in [1.29, 1.82) is 0 Å². The van der Waals surface area contributed by atoms with Crippen LogP contribution in [0, 0.1) is 6.92 Å². The Balaban J connectivity index is 1.73. The van der Waals surface area contributed by atoms with Gasteiger partial charge in [-0.05, 0) is 49.6 Å². The Morgan fingerprint density at radius 2 is 1.61 bits per heavy atom. The summed E-state index contributed by atoms with van der Waals surface area (Å²) in [5.41, 5.74) is 9.05. The summed E-state index contributed by atoms with van der Waals surface area (Å²) in [4.78, 5) is 0. The van der Waals surface area contributed by atoms with Crippen molar-refractivity contribution in [2.45, 2.75) is 19.8 Å². The average Bonchev–Trinajstić information content (AvgIpc) is 2.39. The predicted octanol–water partition coefficient (Wildman–Crippen LogP) is 3.59. The van der Waals surface area contributed by atoms with Crippen molar-refractivity contribution < 1.29 is 4.74 Å². The lowest BCUT2D eigenvalue weighted by molar-refractivity contribution is 0.311. The van der Waals surface area contributed by atoms with E-state index < -0.39 is 0 Å². The highest BCUT2D eigenvalue weighted by molar-refractivity contribution is 5.41. The summed E-state index contributed by atoms with van der Waals surface area (Å²) >= 11 is 0. The first-order valence-corrected chi connectivity index (χ1v) is 6.28. The van der Waals surface area contributed by atoms with Crippen LogP contribution in [0.4, 0.5) is 5.69 Å². The molecule has 0 spiro atoms. The highest BCUT2D eigenvalue weighted by Crippen LogP contribution is 2.13. The minimum Gasteiger partial charge on any atom is -0.494 e. The molecule has 0 aliphatic carbocycles. The van der Waals surface area contributed by atoms with Crippen molar-refractivity contribution in [2.75, 3.05) is 12.3 Å². The van der Waals surface area contributed by atoms with Crippen LogP contribution in [0.5, 0.6) is 5.75 Å². The first kappa shape index (κ1) is 12.5. The molecule has 0 fully saturated rings. The van der Waals surface area contributed by atoms with Gasteiger partial charge in [-0.25, -0.2) is 0 Å². The van der Waals surface area contributed by atoms with Gasteiger partial charge in [-0.3, -0.25) is 0 Å². The summed E-state index contributed by atoms with van der Waals surface area (Å²) in [6, 6.07) is 16.2. The molecule has 2 aromatic rings. The van der Waals surface area contributed by atoms with Gasteiger partial charge in [0.05, 0.1) is 6.61 Å². The molecule has 0 saturated heterocycles. The third-order valence-corrected chi connectivity index (χ3v) is 2.88. The molecular formula is C16H19NO. The standard InChI is InChI=1S/C16H19NO/c1-13-4-6-14(7-5-13)3-2-12-18-16-10-8-15(17)9-11-16/h4-11H,2-3,12,17H2,1H3. The maximum Gasteiger partial charge on any atom is 0.119 e. The summed E-state index contributed by atoms with van der Waals surface area (Å²) in [5, 5.41) is 0. The number of rotatable bonds is 5. The van der Waals surface area contributed by atoms with Crippen LogP contribution in [-0.4, -0.2) is 6.61 Å². The number of hydrogen-bond donors (Lipinski definition) is 1. The van der Waals surface area contributed by atoms with Gasteiger partial charge in [0.1, 0.15) is 5.75 Å². The molecule has 0 atom stereocenters. The molecule has 18 heavy (non-hydrogen) atoms. The van der Waals surface area contributed by atoms with Gasteiger partial charge in [0.15, 0.2) is 0 Å². The van der Waals surface area contributed by atoms with Gasteiger partial charge in [-0.2, -0.15) is 0 Å². The van der Waals surface area contributed by atoms with Gasteiger partial charge in [0, 0.05) is 5.69 Å². The van der Waals surface area contributed by atoms with Gasteiger partial charge in [-0.1, -0.05) is 29.8 Å². The number of hydrogen-bond acceptors (Lipinski definition) is 2. The number of nitrogens with two attached hydrogens (primary N) is 1. The molecule has 0 aromatic heterocycles. The molecule has 0 radical (unpaired) electrons. The van der Waals surface area contributed by atoms with E-state index in [1.54, 1.807) is 0 Å². The Labute approximate surface area is 108 Å². The third kappa shape index (κ3) is 3.81. The summed E-state index contributed by atoms with van der Waals surface area (Å²) in [5.74, 6) is 0.883. The second-order valence-corrected chi connectivity index (χ2v) is 4.51. The van der Waals surface area contributed by atoms with Crippen LogP contribution in [-0.2, 0) is 6.42 Å². The number of anilines is 1. The third-order valence-electron chi connectivity index (χ3n) is 2.88. The molecule has 0 unspecified atom stereocenters. The fraction of sp³-hybridized carbons (Fsp3) is 0.250. The van der Waals surface area contributed by atoms with E-state index in [9.17, 15) is 0 Å². The number of benzene rings is 2. The zero-order valence-corrected chi connectivity index (χ0v) is 10.7. The molecule has 2 aromatic carbocycles. The Kier molecular flexibility index (Phi) is 4.24. The Bertz CT molecular complexity index is 426. The van der Waals surface area contributed by atoms with Gasteiger partial charge < -0.3 is 10.5 Å². The van der Waals surface area contributed by atoms with Crippen LogP contribution < -0.4 is 10.5 Å². The smallest absolute Gasteiger partial charge is 0.119 e. The normalized spacial score (nSPS) is 10.3. The molecule has 0 amide bonds. The minimum atomic E-state index is 0.734. The first-order valence-electron chi connectivity index (χ1n) is 6.28. The van der Waals surface area contributed by atoms with Crippen molar-refractivity contribution in [3.8, 4) is 5.75 Å². The highest BCUT2D eigenvalue weighted by Gasteiger charge is 1.95. The van der Waals surface area contributed by atoms with Crippen molar-refractivity contribution >= 4 is 5.69 Å². The van der Waals surface area contributed by atoms with Crippen molar-refractivity contribution in [3.05, 3.63) is 59.7 Å². The van der Waals surface area contributed by atoms with Gasteiger partial charge in [0.25, 0.3) is 0 Å². The predicted molar refractivity (Wildman–Crippen MR) is 75.8 cm³/mol. The molecule has 0 saturated carbocycles. The monoisotopic (exact) mass is 241 g/mol. The zero-order valence-electron chi connectivity index (χ0n) is 10.7.